The second-order valence-electron chi connectivity index (χ2n) is 2.75. The molecule has 1 unspecified atom stereocenters. The average molecular weight is 227 g/mol. The van der Waals surface area contributed by atoms with E-state index in [1.54, 1.807) is 31.2 Å². The Kier molecular flexibility index (Phi) is 3.52. The van der Waals surface area contributed by atoms with Crippen LogP contribution < -0.4 is 0 Å². The van der Waals surface area contributed by atoms with E-state index in [1.807, 2.05) is 11.2 Å². The number of thiocarbonyl (C=S) groups is 1. The van der Waals surface area contributed by atoms with E-state index in [9.17, 15) is 8.42 Å². The van der Waals surface area contributed by atoms with Gasteiger partial charge in [0.05, 0.1) is 5.16 Å². The fourth-order valence-electron chi connectivity index (χ4n) is 1.03. The first-order valence-corrected chi connectivity index (χ1v) is 5.87. The maximum atomic E-state index is 11.4. The maximum Gasteiger partial charge on any atom is 0.268 e. The molecule has 74 valence electrons. The topological polar surface area (TPSA) is 46.5 Å². The van der Waals surface area contributed by atoms with Gasteiger partial charge in [0.15, 0.2) is 0 Å². The predicted octanol–water partition coefficient (Wildman–Crippen LogP) is 2.18. The van der Waals surface area contributed by atoms with Crippen LogP contribution in [-0.4, -0.2) is 13.6 Å². The highest BCUT2D eigenvalue weighted by Crippen LogP contribution is 2.22. The van der Waals surface area contributed by atoms with E-state index < -0.39 is 15.3 Å². The van der Waals surface area contributed by atoms with E-state index in [0.717, 1.165) is 0 Å². The molecule has 1 aromatic rings. The third-order valence-corrected chi connectivity index (χ3v) is 3.60. The molecule has 0 bridgehead atoms. The Morgan fingerprint density at radius 1 is 1.36 bits per heavy atom. The van der Waals surface area contributed by atoms with Crippen LogP contribution in [0.5, 0.6) is 0 Å². The van der Waals surface area contributed by atoms with Gasteiger partial charge in [-0.3, -0.25) is 0 Å². The van der Waals surface area contributed by atoms with E-state index in [-0.39, 0.29) is 0 Å². The Morgan fingerprint density at radius 2 is 1.93 bits per heavy atom. The molecule has 0 radical (unpaired) electrons. The number of rotatable bonds is 3. The lowest BCUT2D eigenvalue weighted by Crippen LogP contribution is -2.06. The molecule has 0 heterocycles. The number of sulfonamides is 1. The molecule has 0 saturated carbocycles. The molecule has 0 aliphatic heterocycles. The number of isothiocyanates is 1. The first kappa shape index (κ1) is 11.0. The Morgan fingerprint density at radius 3 is 2.43 bits per heavy atom. The second kappa shape index (κ2) is 4.46. The van der Waals surface area contributed by atoms with Crippen molar-refractivity contribution >= 4 is 27.4 Å². The summed E-state index contributed by atoms with van der Waals surface area (Å²) in [5, 5.41) is 1.20. The van der Waals surface area contributed by atoms with Gasteiger partial charge in [0.25, 0.3) is 10.0 Å². The smallest absolute Gasteiger partial charge is 0.203 e. The van der Waals surface area contributed by atoms with Crippen LogP contribution in [0, 0.1) is 0 Å². The van der Waals surface area contributed by atoms with Crippen LogP contribution in [0.1, 0.15) is 17.7 Å². The van der Waals surface area contributed by atoms with Crippen LogP contribution in [0.25, 0.3) is 0 Å². The number of hydrogen-bond acceptors (Lipinski definition) is 3. The van der Waals surface area contributed by atoms with E-state index in [1.165, 1.54) is 0 Å². The summed E-state index contributed by atoms with van der Waals surface area (Å²) in [5.41, 5.74) is 0.696. The lowest BCUT2D eigenvalue weighted by atomic mass is 10.2. The van der Waals surface area contributed by atoms with Gasteiger partial charge < -0.3 is 0 Å². The van der Waals surface area contributed by atoms with Gasteiger partial charge in [-0.1, -0.05) is 30.3 Å². The van der Waals surface area contributed by atoms with Gasteiger partial charge in [0.1, 0.15) is 5.25 Å². The minimum atomic E-state index is -3.55. The minimum absolute atomic E-state index is 0.681. The summed E-state index contributed by atoms with van der Waals surface area (Å²) in [5.74, 6) is 0. The molecular weight excluding hydrogens is 218 g/mol. The molecule has 1 aromatic carbocycles. The van der Waals surface area contributed by atoms with E-state index in [0.29, 0.717) is 5.56 Å². The zero-order valence-corrected chi connectivity index (χ0v) is 9.18. The number of hydrogen-bond donors (Lipinski definition) is 0. The molecule has 5 heteroatoms. The molecule has 0 aromatic heterocycles. The van der Waals surface area contributed by atoms with Crippen molar-refractivity contribution in [2.45, 2.75) is 12.2 Å². The molecule has 14 heavy (non-hydrogen) atoms. The Hall–Kier alpha value is -1.03. The van der Waals surface area contributed by atoms with Gasteiger partial charge in [-0.25, -0.2) is 8.42 Å². The average Bonchev–Trinajstić information content (AvgIpc) is 2.18. The fraction of sp³-hybridized carbons (Fsp3) is 0.222. The third-order valence-electron chi connectivity index (χ3n) is 1.88. The molecule has 0 N–H and O–H groups in total. The van der Waals surface area contributed by atoms with Gasteiger partial charge in [-0.15, -0.1) is 4.40 Å². The van der Waals surface area contributed by atoms with Crippen LogP contribution in [0.15, 0.2) is 34.7 Å². The largest absolute Gasteiger partial charge is 0.268 e. The predicted molar refractivity (Wildman–Crippen MR) is 58.8 cm³/mol. The Balaban J connectivity index is 3.09. The van der Waals surface area contributed by atoms with Gasteiger partial charge in [-0.05, 0) is 24.7 Å². The van der Waals surface area contributed by atoms with Crippen LogP contribution in [0.4, 0.5) is 0 Å². The number of nitrogens with zero attached hydrogens (tertiary/aromatic N) is 1. The quantitative estimate of drug-likeness (QED) is 0.587. The monoisotopic (exact) mass is 227 g/mol. The summed E-state index contributed by atoms with van der Waals surface area (Å²) in [6.07, 6.45) is 0. The lowest BCUT2D eigenvalue weighted by Gasteiger charge is -2.07. The summed E-state index contributed by atoms with van der Waals surface area (Å²) in [4.78, 5) is 0. The Labute approximate surface area is 88.5 Å². The van der Waals surface area contributed by atoms with Crippen molar-refractivity contribution in [3.05, 3.63) is 35.9 Å². The summed E-state index contributed by atoms with van der Waals surface area (Å²) in [7, 11) is -3.55. The first-order valence-electron chi connectivity index (χ1n) is 3.96. The molecule has 0 saturated heterocycles. The summed E-state index contributed by atoms with van der Waals surface area (Å²) >= 11 is 4.27. The van der Waals surface area contributed by atoms with E-state index in [4.69, 9.17) is 0 Å². The summed E-state index contributed by atoms with van der Waals surface area (Å²) in [6.45, 7) is 1.57. The summed E-state index contributed by atoms with van der Waals surface area (Å²) < 4.78 is 26.0. The van der Waals surface area contributed by atoms with Crippen LogP contribution in [0.2, 0.25) is 0 Å². The van der Waals surface area contributed by atoms with Crippen molar-refractivity contribution in [1.29, 1.82) is 0 Å². The standard InChI is InChI=1S/C9H9NO2S2/c1-8(14(11,12)10-7-13)9-5-3-2-4-6-9/h2-6,8H,1H3. The van der Waals surface area contributed by atoms with Gasteiger partial charge in [0.2, 0.25) is 0 Å². The highest BCUT2D eigenvalue weighted by molar-refractivity contribution is 7.91. The normalized spacial score (nSPS) is 12.9. The van der Waals surface area contributed by atoms with Crippen molar-refractivity contribution in [3.8, 4) is 0 Å². The summed E-state index contributed by atoms with van der Waals surface area (Å²) in [6, 6.07) is 8.86. The highest BCUT2D eigenvalue weighted by Gasteiger charge is 2.20. The zero-order valence-electron chi connectivity index (χ0n) is 7.54. The maximum absolute atomic E-state index is 11.4. The zero-order chi connectivity index (χ0) is 10.6. The van der Waals surface area contributed by atoms with Crippen LogP contribution >= 0.6 is 12.2 Å². The van der Waals surface area contributed by atoms with E-state index in [2.05, 4.69) is 16.6 Å². The van der Waals surface area contributed by atoms with Crippen molar-refractivity contribution in [1.82, 2.24) is 0 Å². The fourth-order valence-corrected chi connectivity index (χ4v) is 2.10. The van der Waals surface area contributed by atoms with Crippen molar-refractivity contribution in [2.24, 2.45) is 4.40 Å². The molecule has 1 atom stereocenters. The molecular formula is C9H9NO2S2. The van der Waals surface area contributed by atoms with Gasteiger partial charge in [-0.2, -0.15) is 0 Å². The van der Waals surface area contributed by atoms with Gasteiger partial charge >= 0.3 is 0 Å². The molecule has 1 rings (SSSR count). The molecule has 0 amide bonds. The minimum Gasteiger partial charge on any atom is -0.203 e. The third kappa shape index (κ3) is 2.48. The van der Waals surface area contributed by atoms with Gasteiger partial charge in [0, 0.05) is 0 Å². The molecule has 0 aliphatic carbocycles. The SMILES string of the molecule is CC(c1ccccc1)S(=O)(=O)N=C=S. The molecule has 3 nitrogen and oxygen atoms in total. The van der Waals surface area contributed by atoms with Crippen molar-refractivity contribution < 1.29 is 8.42 Å². The highest BCUT2D eigenvalue weighted by atomic mass is 32.2. The Bertz CT molecular complexity index is 447. The first-order chi connectivity index (χ1) is 6.58. The van der Waals surface area contributed by atoms with Crippen LogP contribution in [-0.2, 0) is 10.0 Å². The van der Waals surface area contributed by atoms with E-state index >= 15 is 0 Å². The van der Waals surface area contributed by atoms with Crippen LogP contribution in [0.3, 0.4) is 0 Å². The molecule has 0 spiro atoms. The number of benzene rings is 1. The second-order valence-corrected chi connectivity index (χ2v) is 4.85. The lowest BCUT2D eigenvalue weighted by molar-refractivity contribution is 0.588. The van der Waals surface area contributed by atoms with Crippen molar-refractivity contribution in [3.63, 3.8) is 0 Å². The van der Waals surface area contributed by atoms with Crippen molar-refractivity contribution in [2.75, 3.05) is 0 Å². The molecule has 0 fully saturated rings. The molecule has 0 aliphatic rings.